The summed E-state index contributed by atoms with van der Waals surface area (Å²) in [5.41, 5.74) is 2.46. The van der Waals surface area contributed by atoms with Gasteiger partial charge >= 0.3 is 0 Å². The molecule has 0 saturated heterocycles. The van der Waals surface area contributed by atoms with Crippen LogP contribution in [0.3, 0.4) is 0 Å². The molecular formula is C15H13Br2IO. The van der Waals surface area contributed by atoms with Gasteiger partial charge in [-0.25, -0.2) is 0 Å². The highest BCUT2D eigenvalue weighted by molar-refractivity contribution is 14.1. The minimum atomic E-state index is 0.189. The fourth-order valence-corrected chi connectivity index (χ4v) is 3.45. The van der Waals surface area contributed by atoms with E-state index in [1.807, 2.05) is 13.0 Å². The fourth-order valence-electron chi connectivity index (χ4n) is 1.80. The molecule has 0 aliphatic carbocycles. The average molecular weight is 496 g/mol. The number of alkyl halides is 1. The molecule has 2 aromatic rings. The second kappa shape index (κ2) is 7.09. The van der Waals surface area contributed by atoms with Gasteiger partial charge in [-0.15, -0.1) is 0 Å². The summed E-state index contributed by atoms with van der Waals surface area (Å²) in [5.74, 6) is 0.883. The predicted octanol–water partition coefficient (Wildman–Crippen LogP) is 5.94. The molecule has 0 N–H and O–H groups in total. The molecule has 1 unspecified atom stereocenters. The molecule has 2 rings (SSSR count). The number of benzene rings is 2. The van der Waals surface area contributed by atoms with E-state index >= 15 is 0 Å². The first-order valence-corrected chi connectivity index (χ1v) is 8.72. The Bertz CT molecular complexity index is 572. The van der Waals surface area contributed by atoms with Crippen LogP contribution in [0.1, 0.15) is 22.9 Å². The number of rotatable bonds is 4. The Hall–Kier alpha value is -0.0700. The van der Waals surface area contributed by atoms with Crippen molar-refractivity contribution in [3.05, 3.63) is 61.6 Å². The van der Waals surface area contributed by atoms with Crippen LogP contribution in [-0.2, 0) is 0 Å². The molecular weight excluding hydrogens is 483 g/mol. The van der Waals surface area contributed by atoms with Gasteiger partial charge in [0.15, 0.2) is 0 Å². The van der Waals surface area contributed by atoms with Crippen LogP contribution in [0.15, 0.2) is 46.9 Å². The highest BCUT2D eigenvalue weighted by atomic mass is 127. The molecule has 2 aromatic carbocycles. The predicted molar refractivity (Wildman–Crippen MR) is 95.2 cm³/mol. The van der Waals surface area contributed by atoms with Crippen LogP contribution >= 0.6 is 54.5 Å². The molecule has 1 atom stereocenters. The van der Waals surface area contributed by atoms with Gasteiger partial charge in [-0.05, 0) is 80.8 Å². The lowest BCUT2D eigenvalue weighted by atomic mass is 10.0. The van der Waals surface area contributed by atoms with Crippen LogP contribution in [0.4, 0.5) is 0 Å². The second-order valence-electron chi connectivity index (χ2n) is 4.04. The van der Waals surface area contributed by atoms with E-state index in [1.54, 1.807) is 0 Å². The Morgan fingerprint density at radius 3 is 2.53 bits per heavy atom. The van der Waals surface area contributed by atoms with Crippen molar-refractivity contribution in [1.82, 2.24) is 0 Å². The van der Waals surface area contributed by atoms with Crippen LogP contribution in [-0.4, -0.2) is 6.61 Å². The molecule has 0 aliphatic rings. The molecule has 0 heterocycles. The minimum absolute atomic E-state index is 0.189. The summed E-state index contributed by atoms with van der Waals surface area (Å²) in [7, 11) is 0. The molecule has 0 amide bonds. The van der Waals surface area contributed by atoms with Gasteiger partial charge in [0, 0.05) is 3.57 Å². The Kier molecular flexibility index (Phi) is 5.71. The smallest absolute Gasteiger partial charge is 0.133 e. The first kappa shape index (κ1) is 15.3. The van der Waals surface area contributed by atoms with Crippen molar-refractivity contribution in [3.63, 3.8) is 0 Å². The molecule has 0 spiro atoms. The number of halogens is 3. The standard InChI is InChI=1S/C15H13Br2IO/c1-2-19-14-7-6-11(9-13(14)16)15(17)10-4-3-5-12(18)8-10/h3-9,15H,2H2,1H3. The Morgan fingerprint density at radius 1 is 1.16 bits per heavy atom. The van der Waals surface area contributed by atoms with Gasteiger partial charge in [0.05, 0.1) is 15.9 Å². The van der Waals surface area contributed by atoms with E-state index in [1.165, 1.54) is 14.7 Å². The van der Waals surface area contributed by atoms with Crippen LogP contribution < -0.4 is 4.74 Å². The van der Waals surface area contributed by atoms with Crippen LogP contribution in [0, 0.1) is 3.57 Å². The van der Waals surface area contributed by atoms with Crippen molar-refractivity contribution in [2.45, 2.75) is 11.8 Å². The number of ether oxygens (including phenoxy) is 1. The molecule has 1 nitrogen and oxygen atoms in total. The van der Waals surface area contributed by atoms with Crippen molar-refractivity contribution >= 4 is 54.5 Å². The maximum absolute atomic E-state index is 5.53. The van der Waals surface area contributed by atoms with Crippen molar-refractivity contribution in [1.29, 1.82) is 0 Å². The van der Waals surface area contributed by atoms with Crippen molar-refractivity contribution in [2.24, 2.45) is 0 Å². The molecule has 0 bridgehead atoms. The third-order valence-electron chi connectivity index (χ3n) is 2.69. The van der Waals surface area contributed by atoms with Gasteiger partial charge in [-0.3, -0.25) is 0 Å². The maximum Gasteiger partial charge on any atom is 0.133 e. The van der Waals surface area contributed by atoms with Crippen molar-refractivity contribution in [3.8, 4) is 5.75 Å². The van der Waals surface area contributed by atoms with E-state index in [4.69, 9.17) is 4.74 Å². The van der Waals surface area contributed by atoms with Crippen LogP contribution in [0.2, 0.25) is 0 Å². The largest absolute Gasteiger partial charge is 0.493 e. The summed E-state index contributed by atoms with van der Waals surface area (Å²) in [6.45, 7) is 2.66. The Morgan fingerprint density at radius 2 is 1.89 bits per heavy atom. The summed E-state index contributed by atoms with van der Waals surface area (Å²) in [5, 5.41) is 0. The maximum atomic E-state index is 5.53. The average Bonchev–Trinajstić information content (AvgIpc) is 2.40. The number of hydrogen-bond donors (Lipinski definition) is 0. The summed E-state index contributed by atoms with van der Waals surface area (Å²) >= 11 is 9.65. The summed E-state index contributed by atoms with van der Waals surface area (Å²) in [6.07, 6.45) is 0. The monoisotopic (exact) mass is 494 g/mol. The fraction of sp³-hybridized carbons (Fsp3) is 0.200. The SMILES string of the molecule is CCOc1ccc(C(Br)c2cccc(I)c2)cc1Br. The van der Waals surface area contributed by atoms with E-state index in [-0.39, 0.29) is 4.83 Å². The zero-order valence-corrected chi connectivity index (χ0v) is 15.7. The summed E-state index contributed by atoms with van der Waals surface area (Å²) in [4.78, 5) is 0.189. The lowest BCUT2D eigenvalue weighted by Gasteiger charge is -2.13. The molecule has 100 valence electrons. The van der Waals surface area contributed by atoms with E-state index in [0.29, 0.717) is 6.61 Å². The number of hydrogen-bond acceptors (Lipinski definition) is 1. The Labute approximate surface area is 144 Å². The van der Waals surface area contributed by atoms with Gasteiger partial charge in [-0.2, -0.15) is 0 Å². The van der Waals surface area contributed by atoms with Crippen molar-refractivity contribution < 1.29 is 4.74 Å². The zero-order valence-electron chi connectivity index (χ0n) is 10.4. The molecule has 19 heavy (non-hydrogen) atoms. The van der Waals surface area contributed by atoms with E-state index in [0.717, 1.165) is 10.2 Å². The van der Waals surface area contributed by atoms with Crippen LogP contribution in [0.5, 0.6) is 5.75 Å². The Balaban J connectivity index is 2.29. The normalized spacial score (nSPS) is 12.2. The highest BCUT2D eigenvalue weighted by Gasteiger charge is 2.12. The lowest BCUT2D eigenvalue weighted by molar-refractivity contribution is 0.338. The zero-order chi connectivity index (χ0) is 13.8. The van der Waals surface area contributed by atoms with Gasteiger partial charge in [-0.1, -0.05) is 34.1 Å². The van der Waals surface area contributed by atoms with Gasteiger partial charge in [0.2, 0.25) is 0 Å². The minimum Gasteiger partial charge on any atom is -0.493 e. The molecule has 0 aliphatic heterocycles. The molecule has 0 radical (unpaired) electrons. The summed E-state index contributed by atoms with van der Waals surface area (Å²) < 4.78 is 7.76. The highest BCUT2D eigenvalue weighted by Crippen LogP contribution is 2.35. The third kappa shape index (κ3) is 3.95. The van der Waals surface area contributed by atoms with Gasteiger partial charge < -0.3 is 4.74 Å². The van der Waals surface area contributed by atoms with E-state index in [2.05, 4.69) is 90.8 Å². The van der Waals surface area contributed by atoms with Gasteiger partial charge in [0.25, 0.3) is 0 Å². The topological polar surface area (TPSA) is 9.23 Å². The third-order valence-corrected chi connectivity index (χ3v) is 5.04. The molecule has 0 saturated carbocycles. The second-order valence-corrected chi connectivity index (χ2v) is 7.06. The first-order valence-electron chi connectivity index (χ1n) is 5.93. The van der Waals surface area contributed by atoms with Crippen molar-refractivity contribution in [2.75, 3.05) is 6.61 Å². The molecule has 0 aromatic heterocycles. The lowest BCUT2D eigenvalue weighted by Crippen LogP contribution is -1.96. The van der Waals surface area contributed by atoms with Gasteiger partial charge in [0.1, 0.15) is 5.75 Å². The quantitative estimate of drug-likeness (QED) is 0.377. The van der Waals surface area contributed by atoms with E-state index < -0.39 is 0 Å². The van der Waals surface area contributed by atoms with E-state index in [9.17, 15) is 0 Å². The molecule has 0 fully saturated rings. The molecule has 4 heteroatoms. The first-order chi connectivity index (χ1) is 9.11. The summed E-state index contributed by atoms with van der Waals surface area (Å²) in [6, 6.07) is 14.7. The van der Waals surface area contributed by atoms with Crippen LogP contribution in [0.25, 0.3) is 0 Å².